The largest absolute Gasteiger partial charge is 0.495 e. The molecule has 43 heavy (non-hydrogen) atoms. The minimum Gasteiger partial charge on any atom is -0.495 e. The summed E-state index contributed by atoms with van der Waals surface area (Å²) in [6.45, 7) is 5.58. The molecular formula is C34H32ClN3O4S. The lowest BCUT2D eigenvalue weighted by atomic mass is 10.1. The summed E-state index contributed by atoms with van der Waals surface area (Å²) in [5.74, 6) is -0.621. The summed E-state index contributed by atoms with van der Waals surface area (Å²) in [5, 5.41) is 8.64. The number of rotatable bonds is 10. The quantitative estimate of drug-likeness (QED) is 0.127. The van der Waals surface area contributed by atoms with Gasteiger partial charge >= 0.3 is 0 Å². The Labute approximate surface area is 260 Å². The van der Waals surface area contributed by atoms with Crippen molar-refractivity contribution in [2.24, 2.45) is 0 Å². The number of thioether (sulfide) groups is 1. The van der Waals surface area contributed by atoms with Crippen LogP contribution in [0.5, 0.6) is 5.75 Å². The number of ether oxygens (including phenoxy) is 1. The van der Waals surface area contributed by atoms with E-state index in [0.717, 1.165) is 21.6 Å². The van der Waals surface area contributed by atoms with Crippen LogP contribution in [0.25, 0.3) is 6.08 Å². The molecule has 0 aliphatic heterocycles. The van der Waals surface area contributed by atoms with E-state index in [4.69, 9.17) is 16.3 Å². The second kappa shape index (κ2) is 14.6. The number of carbonyl (C=O) groups excluding carboxylic acids is 3. The third-order valence-electron chi connectivity index (χ3n) is 6.53. The molecule has 0 aromatic heterocycles. The topological polar surface area (TPSA) is 96.5 Å². The lowest BCUT2D eigenvalue weighted by Crippen LogP contribution is -2.30. The van der Waals surface area contributed by atoms with Gasteiger partial charge in [-0.05, 0) is 79.9 Å². The number of anilines is 2. The lowest BCUT2D eigenvalue weighted by Gasteiger charge is -2.16. The fourth-order valence-electron chi connectivity index (χ4n) is 4.11. The van der Waals surface area contributed by atoms with Gasteiger partial charge in [-0.25, -0.2) is 0 Å². The molecule has 1 atom stereocenters. The Bertz CT molecular complexity index is 1670. The number of amides is 3. The van der Waals surface area contributed by atoms with E-state index in [9.17, 15) is 14.4 Å². The Morgan fingerprint density at radius 1 is 0.860 bits per heavy atom. The van der Waals surface area contributed by atoms with Crippen molar-refractivity contribution in [3.05, 3.63) is 124 Å². The number of hydrogen-bond acceptors (Lipinski definition) is 5. The predicted molar refractivity (Wildman–Crippen MR) is 175 cm³/mol. The molecule has 0 aliphatic carbocycles. The van der Waals surface area contributed by atoms with Gasteiger partial charge < -0.3 is 20.7 Å². The first kappa shape index (κ1) is 31.4. The molecule has 220 valence electrons. The summed E-state index contributed by atoms with van der Waals surface area (Å²) in [7, 11) is 1.52. The molecule has 7 nitrogen and oxygen atoms in total. The lowest BCUT2D eigenvalue weighted by molar-refractivity contribution is -0.115. The third kappa shape index (κ3) is 8.50. The summed E-state index contributed by atoms with van der Waals surface area (Å²) in [4.78, 5) is 40.2. The van der Waals surface area contributed by atoms with Crippen LogP contribution in [0.4, 0.5) is 11.4 Å². The van der Waals surface area contributed by atoms with Crippen molar-refractivity contribution in [2.75, 3.05) is 17.7 Å². The van der Waals surface area contributed by atoms with E-state index in [0.29, 0.717) is 27.7 Å². The fraction of sp³-hybridized carbons (Fsp3) is 0.147. The van der Waals surface area contributed by atoms with E-state index in [1.807, 2.05) is 50.2 Å². The monoisotopic (exact) mass is 613 g/mol. The summed E-state index contributed by atoms with van der Waals surface area (Å²) in [5.41, 5.74) is 4.16. The van der Waals surface area contributed by atoms with Crippen LogP contribution in [0.2, 0.25) is 5.02 Å². The van der Waals surface area contributed by atoms with Crippen LogP contribution >= 0.6 is 23.4 Å². The molecule has 0 aliphatic rings. The maximum absolute atomic E-state index is 13.5. The Balaban J connectivity index is 1.49. The van der Waals surface area contributed by atoms with Gasteiger partial charge in [-0.1, -0.05) is 60.1 Å². The number of benzene rings is 4. The van der Waals surface area contributed by atoms with Crippen molar-refractivity contribution >= 4 is 58.5 Å². The van der Waals surface area contributed by atoms with E-state index in [1.54, 1.807) is 67.6 Å². The van der Waals surface area contributed by atoms with Gasteiger partial charge in [0.1, 0.15) is 11.4 Å². The Morgan fingerprint density at radius 3 is 2.30 bits per heavy atom. The smallest absolute Gasteiger partial charge is 0.272 e. The number of halogens is 1. The summed E-state index contributed by atoms with van der Waals surface area (Å²) in [6.07, 6.45) is 1.66. The Morgan fingerprint density at radius 2 is 1.58 bits per heavy atom. The Hall–Kier alpha value is -4.53. The van der Waals surface area contributed by atoms with Gasteiger partial charge in [-0.15, -0.1) is 11.8 Å². The first-order valence-corrected chi connectivity index (χ1v) is 14.8. The molecule has 4 rings (SSSR count). The first-order valence-electron chi connectivity index (χ1n) is 13.5. The zero-order chi connectivity index (χ0) is 30.9. The molecule has 9 heteroatoms. The number of aryl methyl sites for hydroxylation is 2. The van der Waals surface area contributed by atoms with Crippen LogP contribution in [-0.2, 0) is 9.59 Å². The highest BCUT2D eigenvalue weighted by atomic mass is 35.5. The van der Waals surface area contributed by atoms with Crippen molar-refractivity contribution in [1.82, 2.24) is 5.32 Å². The minimum atomic E-state index is -0.481. The number of carbonyl (C=O) groups is 3. The molecular weight excluding hydrogens is 582 g/mol. The minimum absolute atomic E-state index is 0.0983. The van der Waals surface area contributed by atoms with Gasteiger partial charge in [0.25, 0.3) is 11.8 Å². The van der Waals surface area contributed by atoms with Gasteiger partial charge in [0, 0.05) is 27.2 Å². The molecule has 3 N–H and O–H groups in total. The molecule has 1 unspecified atom stereocenters. The van der Waals surface area contributed by atoms with Crippen LogP contribution in [0.3, 0.4) is 0 Å². The standard InChI is InChI=1S/C34H32ClN3O4S/c1-21-11-8-9-14-25(21)18-30(38-33(40)24-12-6-5-7-13-24)34(41)36-26-15-10-16-27(19-26)43-23(3)32(39)37-29-17-22(2)28(35)20-31(29)42-4/h5-20,23H,1-4H3,(H,36,41)(H,37,39)(H,38,40)/b30-18-. The molecule has 0 bridgehead atoms. The van der Waals surface area contributed by atoms with E-state index in [1.165, 1.54) is 18.9 Å². The van der Waals surface area contributed by atoms with Crippen LogP contribution in [0.1, 0.15) is 34.0 Å². The second-order valence-corrected chi connectivity index (χ2v) is 11.6. The fourth-order valence-corrected chi connectivity index (χ4v) is 5.19. The van der Waals surface area contributed by atoms with E-state index in [2.05, 4.69) is 16.0 Å². The highest BCUT2D eigenvalue weighted by molar-refractivity contribution is 8.00. The van der Waals surface area contributed by atoms with E-state index < -0.39 is 17.1 Å². The predicted octanol–water partition coefficient (Wildman–Crippen LogP) is 7.49. The molecule has 0 fully saturated rings. The summed E-state index contributed by atoms with van der Waals surface area (Å²) >= 11 is 7.53. The van der Waals surface area contributed by atoms with Gasteiger partial charge in [0.2, 0.25) is 5.91 Å². The highest BCUT2D eigenvalue weighted by Crippen LogP contribution is 2.32. The first-order chi connectivity index (χ1) is 20.6. The molecule has 4 aromatic carbocycles. The van der Waals surface area contributed by atoms with Gasteiger partial charge in [0.05, 0.1) is 18.0 Å². The molecule has 0 heterocycles. The van der Waals surface area contributed by atoms with Gasteiger partial charge in [-0.3, -0.25) is 14.4 Å². The molecule has 0 spiro atoms. The van der Waals surface area contributed by atoms with Crippen LogP contribution in [-0.4, -0.2) is 30.1 Å². The van der Waals surface area contributed by atoms with Gasteiger partial charge in [-0.2, -0.15) is 0 Å². The zero-order valence-corrected chi connectivity index (χ0v) is 25.8. The highest BCUT2D eigenvalue weighted by Gasteiger charge is 2.19. The van der Waals surface area contributed by atoms with Crippen LogP contribution in [0, 0.1) is 13.8 Å². The third-order valence-corrected chi connectivity index (χ3v) is 8.03. The molecule has 0 radical (unpaired) electrons. The molecule has 3 amide bonds. The van der Waals surface area contributed by atoms with Crippen molar-refractivity contribution in [1.29, 1.82) is 0 Å². The number of nitrogens with one attached hydrogen (secondary N) is 3. The summed E-state index contributed by atoms with van der Waals surface area (Å²) < 4.78 is 5.37. The zero-order valence-electron chi connectivity index (χ0n) is 24.2. The maximum atomic E-state index is 13.5. The van der Waals surface area contributed by atoms with E-state index >= 15 is 0 Å². The average Bonchev–Trinajstić information content (AvgIpc) is 3.00. The number of hydrogen-bond donors (Lipinski definition) is 3. The second-order valence-electron chi connectivity index (χ2n) is 9.77. The Kier molecular flexibility index (Phi) is 10.6. The normalized spacial score (nSPS) is 11.8. The molecule has 0 saturated carbocycles. The van der Waals surface area contributed by atoms with Crippen LogP contribution < -0.4 is 20.7 Å². The SMILES string of the molecule is COc1cc(Cl)c(C)cc1NC(=O)C(C)Sc1cccc(NC(=O)/C(=C/c2ccccc2C)NC(=O)c2ccccc2)c1. The maximum Gasteiger partial charge on any atom is 0.272 e. The van der Waals surface area contributed by atoms with Crippen LogP contribution in [0.15, 0.2) is 102 Å². The van der Waals surface area contributed by atoms with Crippen molar-refractivity contribution < 1.29 is 19.1 Å². The molecule has 4 aromatic rings. The van der Waals surface area contributed by atoms with Crippen molar-refractivity contribution in [2.45, 2.75) is 30.9 Å². The van der Waals surface area contributed by atoms with Crippen molar-refractivity contribution in [3.63, 3.8) is 0 Å². The average molecular weight is 614 g/mol. The summed E-state index contributed by atoms with van der Waals surface area (Å²) in [6, 6.07) is 26.9. The molecule has 0 saturated heterocycles. The van der Waals surface area contributed by atoms with E-state index in [-0.39, 0.29) is 11.6 Å². The van der Waals surface area contributed by atoms with Crippen molar-refractivity contribution in [3.8, 4) is 5.75 Å². The van der Waals surface area contributed by atoms with Gasteiger partial charge in [0.15, 0.2) is 0 Å². The number of methoxy groups -OCH3 is 1.